The standard InChI is InChI=1S/C22H24N6O2/c1-14-11-15(2)27(26-14)19-7-5-18(6-8-19)12-30-21(29)10-9-20-16(3)25-22-23-13-24-28(22)17(20)4/h5-8,11,13H,9-10,12H2,1-4H3. The molecule has 3 heterocycles. The van der Waals surface area contributed by atoms with Gasteiger partial charge in [0.1, 0.15) is 12.9 Å². The van der Waals surface area contributed by atoms with Crippen LogP contribution in [0.5, 0.6) is 0 Å². The van der Waals surface area contributed by atoms with Gasteiger partial charge in [-0.3, -0.25) is 4.79 Å². The number of ether oxygens (including phenoxy) is 1. The SMILES string of the molecule is Cc1cc(C)n(-c2ccc(COC(=O)CCc3c(C)nc4ncnn4c3C)cc2)n1. The van der Waals surface area contributed by atoms with Gasteiger partial charge < -0.3 is 4.74 Å². The van der Waals surface area contributed by atoms with Gasteiger partial charge in [0, 0.05) is 23.5 Å². The highest BCUT2D eigenvalue weighted by atomic mass is 16.5. The van der Waals surface area contributed by atoms with E-state index in [0.29, 0.717) is 12.2 Å². The molecule has 8 nitrogen and oxygen atoms in total. The molecule has 0 fully saturated rings. The van der Waals surface area contributed by atoms with E-state index in [-0.39, 0.29) is 19.0 Å². The molecule has 0 saturated carbocycles. The molecule has 0 amide bonds. The Hall–Kier alpha value is -3.55. The molecule has 0 atom stereocenters. The predicted molar refractivity (Wildman–Crippen MR) is 111 cm³/mol. The molecule has 0 N–H and O–H groups in total. The fourth-order valence-electron chi connectivity index (χ4n) is 3.60. The minimum atomic E-state index is -0.241. The number of carbonyl (C=O) groups is 1. The zero-order valence-corrected chi connectivity index (χ0v) is 17.6. The van der Waals surface area contributed by atoms with Gasteiger partial charge in [-0.15, -0.1) is 0 Å². The van der Waals surface area contributed by atoms with Gasteiger partial charge in [-0.25, -0.2) is 14.2 Å². The largest absolute Gasteiger partial charge is 0.461 e. The lowest BCUT2D eigenvalue weighted by atomic mass is 10.1. The summed E-state index contributed by atoms with van der Waals surface area (Å²) >= 11 is 0. The van der Waals surface area contributed by atoms with Crippen molar-refractivity contribution < 1.29 is 9.53 Å². The van der Waals surface area contributed by atoms with E-state index in [9.17, 15) is 4.79 Å². The maximum Gasteiger partial charge on any atom is 0.306 e. The van der Waals surface area contributed by atoms with E-state index in [1.165, 1.54) is 6.33 Å². The van der Waals surface area contributed by atoms with E-state index in [1.54, 1.807) is 4.52 Å². The van der Waals surface area contributed by atoms with Gasteiger partial charge in [0.2, 0.25) is 0 Å². The fraction of sp³-hybridized carbons (Fsp3) is 0.318. The van der Waals surface area contributed by atoms with Gasteiger partial charge >= 0.3 is 5.97 Å². The third-order valence-corrected chi connectivity index (χ3v) is 5.16. The van der Waals surface area contributed by atoms with Crippen molar-refractivity contribution in [3.8, 4) is 5.69 Å². The third kappa shape index (κ3) is 3.94. The van der Waals surface area contributed by atoms with E-state index in [1.807, 2.05) is 62.7 Å². The number of hydrogen-bond donors (Lipinski definition) is 0. The van der Waals surface area contributed by atoms with Crippen molar-refractivity contribution in [2.24, 2.45) is 0 Å². The first-order valence-electron chi connectivity index (χ1n) is 9.86. The Bertz CT molecular complexity index is 1210. The van der Waals surface area contributed by atoms with Crippen molar-refractivity contribution in [1.29, 1.82) is 0 Å². The van der Waals surface area contributed by atoms with Crippen LogP contribution < -0.4 is 0 Å². The lowest BCUT2D eigenvalue weighted by molar-refractivity contribution is -0.144. The Morgan fingerprint density at radius 1 is 1.10 bits per heavy atom. The average molecular weight is 404 g/mol. The molecule has 0 unspecified atom stereocenters. The second-order valence-electron chi connectivity index (χ2n) is 7.40. The lowest BCUT2D eigenvalue weighted by Crippen LogP contribution is -2.10. The first-order chi connectivity index (χ1) is 14.4. The molecule has 0 spiro atoms. The number of aromatic nitrogens is 6. The highest BCUT2D eigenvalue weighted by Gasteiger charge is 2.13. The normalized spacial score (nSPS) is 11.2. The van der Waals surface area contributed by atoms with Crippen LogP contribution in [0.3, 0.4) is 0 Å². The zero-order chi connectivity index (χ0) is 21.3. The molecule has 0 bridgehead atoms. The number of nitrogens with zero attached hydrogens (tertiary/aromatic N) is 6. The Kier molecular flexibility index (Phi) is 5.31. The number of rotatable bonds is 6. The molecule has 30 heavy (non-hydrogen) atoms. The maximum atomic E-state index is 12.3. The van der Waals surface area contributed by atoms with E-state index < -0.39 is 0 Å². The molecular weight excluding hydrogens is 380 g/mol. The van der Waals surface area contributed by atoms with Crippen LogP contribution in [0.4, 0.5) is 0 Å². The molecule has 154 valence electrons. The number of carbonyl (C=O) groups excluding carboxylic acids is 1. The summed E-state index contributed by atoms with van der Waals surface area (Å²) < 4.78 is 9.05. The van der Waals surface area contributed by atoms with Crippen LogP contribution in [0.2, 0.25) is 0 Å². The van der Waals surface area contributed by atoms with Crippen LogP contribution in [-0.2, 0) is 22.6 Å². The minimum Gasteiger partial charge on any atom is -0.461 e. The molecule has 0 saturated heterocycles. The van der Waals surface area contributed by atoms with Crippen LogP contribution >= 0.6 is 0 Å². The van der Waals surface area contributed by atoms with Gasteiger partial charge in [-0.2, -0.15) is 15.2 Å². The second kappa shape index (κ2) is 8.06. The smallest absolute Gasteiger partial charge is 0.306 e. The average Bonchev–Trinajstić information content (AvgIpc) is 3.32. The van der Waals surface area contributed by atoms with Crippen molar-refractivity contribution >= 4 is 11.7 Å². The monoisotopic (exact) mass is 404 g/mol. The summed E-state index contributed by atoms with van der Waals surface area (Å²) in [7, 11) is 0. The first kappa shape index (κ1) is 19.8. The van der Waals surface area contributed by atoms with Crippen LogP contribution in [0.25, 0.3) is 11.5 Å². The molecule has 0 radical (unpaired) electrons. The highest BCUT2D eigenvalue weighted by molar-refractivity contribution is 5.69. The molecule has 1 aromatic carbocycles. The molecule has 0 aliphatic rings. The second-order valence-corrected chi connectivity index (χ2v) is 7.40. The van der Waals surface area contributed by atoms with Crippen molar-refractivity contribution in [2.75, 3.05) is 0 Å². The summed E-state index contributed by atoms with van der Waals surface area (Å²) in [5.74, 6) is 0.329. The van der Waals surface area contributed by atoms with Crippen molar-refractivity contribution in [3.63, 3.8) is 0 Å². The summed E-state index contributed by atoms with van der Waals surface area (Å²) in [6.45, 7) is 8.12. The molecule has 0 aliphatic carbocycles. The number of aryl methyl sites for hydroxylation is 4. The van der Waals surface area contributed by atoms with Gasteiger partial charge in [0.15, 0.2) is 0 Å². The number of fused-ring (bicyclic) bond motifs is 1. The number of benzene rings is 1. The Morgan fingerprint density at radius 3 is 2.57 bits per heavy atom. The third-order valence-electron chi connectivity index (χ3n) is 5.16. The van der Waals surface area contributed by atoms with Crippen LogP contribution in [0, 0.1) is 27.7 Å². The molecule has 4 aromatic rings. The van der Waals surface area contributed by atoms with E-state index in [4.69, 9.17) is 4.74 Å². The van der Waals surface area contributed by atoms with E-state index in [2.05, 4.69) is 20.2 Å². The summed E-state index contributed by atoms with van der Waals surface area (Å²) in [4.78, 5) is 20.8. The topological polar surface area (TPSA) is 87.2 Å². The highest BCUT2D eigenvalue weighted by Crippen LogP contribution is 2.16. The summed E-state index contributed by atoms with van der Waals surface area (Å²) in [5.41, 5.74) is 6.79. The Labute approximate surface area is 174 Å². The molecule has 4 rings (SSSR count). The first-order valence-corrected chi connectivity index (χ1v) is 9.86. The van der Waals surface area contributed by atoms with Gasteiger partial charge in [0.05, 0.1) is 11.4 Å². The van der Waals surface area contributed by atoms with Crippen molar-refractivity contribution in [2.45, 2.75) is 47.1 Å². The fourth-order valence-corrected chi connectivity index (χ4v) is 3.60. The molecule has 0 aliphatic heterocycles. The van der Waals surface area contributed by atoms with Crippen LogP contribution in [-0.4, -0.2) is 35.3 Å². The quantitative estimate of drug-likeness (QED) is 0.459. The van der Waals surface area contributed by atoms with Gasteiger partial charge in [-0.1, -0.05) is 12.1 Å². The van der Waals surface area contributed by atoms with E-state index in [0.717, 1.165) is 39.6 Å². The summed E-state index contributed by atoms with van der Waals surface area (Å²) in [6.07, 6.45) is 2.32. The lowest BCUT2D eigenvalue weighted by Gasteiger charge is -2.10. The molecule has 3 aromatic heterocycles. The zero-order valence-electron chi connectivity index (χ0n) is 17.6. The predicted octanol–water partition coefficient (Wildman–Crippen LogP) is 3.22. The van der Waals surface area contributed by atoms with Crippen molar-refractivity contribution in [1.82, 2.24) is 29.4 Å². The molecular formula is C22H24N6O2. The Balaban J connectivity index is 1.35. The van der Waals surface area contributed by atoms with Gasteiger partial charge in [0.25, 0.3) is 5.78 Å². The Morgan fingerprint density at radius 2 is 1.87 bits per heavy atom. The minimum absolute atomic E-state index is 0.241. The maximum absolute atomic E-state index is 12.3. The van der Waals surface area contributed by atoms with Crippen LogP contribution in [0.1, 0.15) is 40.3 Å². The summed E-state index contributed by atoms with van der Waals surface area (Å²) in [5, 5.41) is 8.66. The number of hydrogen-bond acceptors (Lipinski definition) is 6. The van der Waals surface area contributed by atoms with Crippen molar-refractivity contribution in [3.05, 3.63) is 70.6 Å². The van der Waals surface area contributed by atoms with E-state index >= 15 is 0 Å². The van der Waals surface area contributed by atoms with Gasteiger partial charge in [-0.05, 0) is 63.4 Å². The summed E-state index contributed by atoms with van der Waals surface area (Å²) in [6, 6.07) is 9.91. The molecule has 8 heteroatoms. The van der Waals surface area contributed by atoms with Crippen LogP contribution in [0.15, 0.2) is 36.7 Å². The number of esters is 1.